The number of piperidine rings is 3. The van der Waals surface area contributed by atoms with Crippen molar-refractivity contribution in [3.8, 4) is 11.5 Å². The highest BCUT2D eigenvalue weighted by Crippen LogP contribution is 2.44. The number of aromatic amines is 1. The van der Waals surface area contributed by atoms with E-state index in [0.29, 0.717) is 55.6 Å². The van der Waals surface area contributed by atoms with Gasteiger partial charge in [0.05, 0.1) is 21.6 Å². The standard InChI is InChI=1S/C71H86ClN11O9S/c1-71(2)29-23-52(60(43-71)50-13-15-53(72)16-14-50)46-79-36-38-81(39-37-79)55-17-19-59(65(41-55)92-56-40-51-24-30-73-67(51)75-45-56)68(85)77-93(90,91)57-18-20-62(64(42-57)83(88)89)74-44-48-25-34-80(35-26-48)54-27-32-78(33-28-54)31-8-6-4-3-5-7-10-49-11-9-12-58-61(49)47-82(70(58)87)63-21-22-66(84)76-69(63)86/h9,11-20,24,30,40-42,45,48,54,63,74H,3-8,10,21-23,25-29,31-39,43-44,46-47H2,1-2H3,(H,73,75)(H,77,85)(H,76,84,86). The summed E-state index contributed by atoms with van der Waals surface area (Å²) in [6, 6.07) is 26.5. The van der Waals surface area contributed by atoms with Gasteiger partial charge in [-0.3, -0.25) is 39.5 Å². The summed E-state index contributed by atoms with van der Waals surface area (Å²) in [6.45, 7) is 14.7. The van der Waals surface area contributed by atoms with E-state index in [4.69, 9.17) is 16.3 Å². The lowest BCUT2D eigenvalue weighted by Crippen LogP contribution is -2.52. The molecule has 4 aromatic carbocycles. The number of unbranched alkanes of at least 4 members (excludes halogenated alkanes) is 5. The molecular formula is C71H86ClN11O9S. The maximum absolute atomic E-state index is 14.2. The molecule has 0 saturated carbocycles. The molecule has 1 aliphatic carbocycles. The lowest BCUT2D eigenvalue weighted by molar-refractivity contribution is -0.384. The van der Waals surface area contributed by atoms with Crippen molar-refractivity contribution in [2.24, 2.45) is 11.3 Å². The monoisotopic (exact) mass is 1300 g/mol. The number of H-pyrrole nitrogens is 1. The van der Waals surface area contributed by atoms with E-state index in [0.717, 1.165) is 144 Å². The second-order valence-corrected chi connectivity index (χ2v) is 29.2. The number of rotatable bonds is 24. The first-order chi connectivity index (χ1) is 44.9. The first-order valence-electron chi connectivity index (χ1n) is 33.4. The molecule has 4 N–H and O–H groups in total. The minimum absolute atomic E-state index is 0.0389. The van der Waals surface area contributed by atoms with E-state index >= 15 is 0 Å². The van der Waals surface area contributed by atoms with Crippen LogP contribution in [0.25, 0.3) is 16.6 Å². The van der Waals surface area contributed by atoms with E-state index in [1.54, 1.807) is 35.4 Å². The van der Waals surface area contributed by atoms with E-state index in [2.05, 4.69) is 77.0 Å². The average molecular weight is 1310 g/mol. The van der Waals surface area contributed by atoms with Crippen molar-refractivity contribution in [2.75, 3.05) is 82.2 Å². The molecule has 4 saturated heterocycles. The second-order valence-electron chi connectivity index (χ2n) is 27.1. The Bertz CT molecular complexity index is 3890. The van der Waals surface area contributed by atoms with Gasteiger partial charge < -0.3 is 34.6 Å². The van der Waals surface area contributed by atoms with E-state index < -0.39 is 37.5 Å². The van der Waals surface area contributed by atoms with Crippen molar-refractivity contribution in [3.63, 3.8) is 0 Å². The van der Waals surface area contributed by atoms with Crippen molar-refractivity contribution < 1.29 is 37.3 Å². The Morgan fingerprint density at radius 1 is 0.828 bits per heavy atom. The number of piperazine rings is 1. The van der Waals surface area contributed by atoms with Crippen LogP contribution in [0, 0.1) is 21.4 Å². The molecule has 7 heterocycles. The van der Waals surface area contributed by atoms with Crippen LogP contribution >= 0.6 is 11.6 Å². The molecule has 4 fully saturated rings. The van der Waals surface area contributed by atoms with E-state index in [-0.39, 0.29) is 52.5 Å². The molecule has 0 radical (unpaired) electrons. The Kier molecular flexibility index (Phi) is 20.3. The highest BCUT2D eigenvalue weighted by Gasteiger charge is 2.40. The number of ether oxygens (including phenoxy) is 1. The number of sulfonamides is 1. The van der Waals surface area contributed by atoms with Crippen LogP contribution in [0.15, 0.2) is 114 Å². The van der Waals surface area contributed by atoms with E-state index in [1.165, 1.54) is 66.3 Å². The third-order valence-corrected chi connectivity index (χ3v) is 21.8. The summed E-state index contributed by atoms with van der Waals surface area (Å²) in [6.07, 6.45) is 19.1. The summed E-state index contributed by atoms with van der Waals surface area (Å²) in [7, 11) is -4.61. The fourth-order valence-electron chi connectivity index (χ4n) is 14.7. The zero-order valence-corrected chi connectivity index (χ0v) is 55.0. The molecular weight excluding hydrogens is 1220 g/mol. The quantitative estimate of drug-likeness (QED) is 0.0191. The van der Waals surface area contributed by atoms with Crippen molar-refractivity contribution in [1.82, 2.24) is 39.6 Å². The average Bonchev–Trinajstić information content (AvgIpc) is 1.42. The van der Waals surface area contributed by atoms with Crippen molar-refractivity contribution in [2.45, 2.75) is 140 Å². The summed E-state index contributed by atoms with van der Waals surface area (Å²) >= 11 is 6.28. The van der Waals surface area contributed by atoms with Crippen molar-refractivity contribution in [3.05, 3.63) is 152 Å². The van der Waals surface area contributed by atoms with Gasteiger partial charge in [-0.1, -0.05) is 81.0 Å². The number of nitro groups is 1. The SMILES string of the molecule is CC1(C)CCC(CN2CCN(c3ccc(C(=O)NS(=O)(=O)c4ccc(NCC5CCN(C6CCN(CCCCCCCCc7cccc8c7CN(C7CCC(=O)NC7=O)C8=O)CC6)CC5)c([N+](=O)[O-])c4)c(Oc4cnc5[nH]ccc5c4)c3)CC2)=C(c2ccc(Cl)cc2)C1. The molecule has 12 rings (SSSR count). The Balaban J connectivity index is 0.585. The van der Waals surface area contributed by atoms with Crippen LogP contribution in [0.2, 0.25) is 5.02 Å². The minimum Gasteiger partial charge on any atom is -0.455 e. The van der Waals surface area contributed by atoms with Gasteiger partial charge in [-0.15, -0.1) is 0 Å². The highest BCUT2D eigenvalue weighted by atomic mass is 35.5. The van der Waals surface area contributed by atoms with E-state index in [1.807, 2.05) is 30.3 Å². The Labute approximate surface area is 550 Å². The predicted molar refractivity (Wildman–Crippen MR) is 361 cm³/mol. The maximum Gasteiger partial charge on any atom is 0.293 e. The third-order valence-electron chi connectivity index (χ3n) is 20.2. The fourth-order valence-corrected chi connectivity index (χ4v) is 15.8. The van der Waals surface area contributed by atoms with Gasteiger partial charge in [-0.25, -0.2) is 18.1 Å². The number of nitro benzene ring substituents is 1. The fraction of sp³-hybridized carbons (Fsp3) is 0.479. The minimum atomic E-state index is -4.61. The van der Waals surface area contributed by atoms with Crippen LogP contribution in [0.5, 0.6) is 11.5 Å². The molecule has 93 heavy (non-hydrogen) atoms. The van der Waals surface area contributed by atoms with Crippen molar-refractivity contribution in [1.29, 1.82) is 0 Å². The summed E-state index contributed by atoms with van der Waals surface area (Å²) in [5.41, 5.74) is 8.42. The molecule has 0 spiro atoms. The van der Waals surface area contributed by atoms with Gasteiger partial charge in [0.25, 0.3) is 27.5 Å². The molecule has 6 aromatic rings. The lowest BCUT2D eigenvalue weighted by Gasteiger charge is -2.42. The number of aryl methyl sites for hydroxylation is 1. The number of aromatic nitrogens is 2. The van der Waals surface area contributed by atoms with Gasteiger partial charge in [-0.2, -0.15) is 0 Å². The number of hydrogen-bond donors (Lipinski definition) is 4. The van der Waals surface area contributed by atoms with Gasteiger partial charge in [0.15, 0.2) is 0 Å². The first-order valence-corrected chi connectivity index (χ1v) is 35.3. The molecule has 5 aliphatic heterocycles. The number of anilines is 2. The highest BCUT2D eigenvalue weighted by molar-refractivity contribution is 7.90. The zero-order valence-electron chi connectivity index (χ0n) is 53.4. The number of benzene rings is 4. The third kappa shape index (κ3) is 15.8. The van der Waals surface area contributed by atoms with Crippen molar-refractivity contribution >= 4 is 78.9 Å². The number of carbonyl (C=O) groups excluding carboxylic acids is 4. The number of likely N-dealkylation sites (tertiary alicyclic amines) is 2. The van der Waals surface area contributed by atoms with Crippen LogP contribution in [0.3, 0.4) is 0 Å². The topological polar surface area (TPSA) is 236 Å². The molecule has 20 nitrogen and oxygen atoms in total. The van der Waals surface area contributed by atoms with Gasteiger partial charge in [0.2, 0.25) is 11.8 Å². The molecule has 492 valence electrons. The Morgan fingerprint density at radius 2 is 1.59 bits per heavy atom. The number of imide groups is 1. The largest absolute Gasteiger partial charge is 0.455 e. The lowest BCUT2D eigenvalue weighted by atomic mass is 9.72. The van der Waals surface area contributed by atoms with Crippen LogP contribution in [0.4, 0.5) is 17.1 Å². The second kappa shape index (κ2) is 28.9. The number of pyridine rings is 1. The predicted octanol–water partition coefficient (Wildman–Crippen LogP) is 11.8. The molecule has 0 bridgehead atoms. The number of fused-ring (bicyclic) bond motifs is 2. The van der Waals surface area contributed by atoms with Crippen LogP contribution in [0.1, 0.15) is 148 Å². The van der Waals surface area contributed by atoms with Crippen LogP contribution < -0.4 is 25.0 Å². The number of amides is 4. The molecule has 1 atom stereocenters. The molecule has 22 heteroatoms. The summed E-state index contributed by atoms with van der Waals surface area (Å²) < 4.78 is 36.7. The number of carbonyl (C=O) groups is 4. The molecule has 2 aromatic heterocycles. The number of allylic oxidation sites excluding steroid dienone is 1. The molecule has 4 amide bonds. The number of hydrogen-bond acceptors (Lipinski definition) is 15. The number of halogens is 1. The van der Waals surface area contributed by atoms with Crippen LogP contribution in [-0.4, -0.2) is 151 Å². The van der Waals surface area contributed by atoms with Gasteiger partial charge in [0, 0.05) is 98.3 Å². The number of nitrogens with zero attached hydrogens (tertiary/aromatic N) is 7. The Hall–Kier alpha value is -7.69. The van der Waals surface area contributed by atoms with Gasteiger partial charge in [0.1, 0.15) is 28.9 Å². The van der Waals surface area contributed by atoms with Crippen LogP contribution in [-0.2, 0) is 32.6 Å². The molecule has 6 aliphatic rings. The first kappa shape index (κ1) is 65.4. The zero-order chi connectivity index (χ0) is 64.8. The summed E-state index contributed by atoms with van der Waals surface area (Å²) in [5, 5.41) is 19.7. The van der Waals surface area contributed by atoms with Gasteiger partial charge >= 0.3 is 0 Å². The Morgan fingerprint density at radius 3 is 2.35 bits per heavy atom. The molecule has 1 unspecified atom stereocenters. The summed E-state index contributed by atoms with van der Waals surface area (Å²) in [4.78, 5) is 82.3. The normalized spacial score (nSPS) is 19.7. The number of nitrogens with one attached hydrogen (secondary N) is 4. The van der Waals surface area contributed by atoms with Gasteiger partial charge in [-0.05, 0) is 192 Å². The summed E-state index contributed by atoms with van der Waals surface area (Å²) in [5.74, 6) is -0.981. The maximum atomic E-state index is 14.2. The smallest absolute Gasteiger partial charge is 0.293 e. The van der Waals surface area contributed by atoms with E-state index in [9.17, 15) is 37.7 Å².